The molecule has 0 aliphatic heterocycles. The van der Waals surface area contributed by atoms with E-state index in [-0.39, 0.29) is 12.5 Å². The highest BCUT2D eigenvalue weighted by Crippen LogP contribution is 2.37. The number of carbonyl (C=O) groups is 1. The van der Waals surface area contributed by atoms with E-state index in [4.69, 9.17) is 9.47 Å². The number of carboxylic acids is 1. The molecule has 1 aromatic carbocycles. The largest absolute Gasteiger partial charge is 0.494 e. The van der Waals surface area contributed by atoms with E-state index >= 15 is 0 Å². The van der Waals surface area contributed by atoms with Crippen LogP contribution in [0.15, 0.2) is 38.8 Å². The van der Waals surface area contributed by atoms with Gasteiger partial charge in [-0.05, 0) is 50.8 Å². The molecule has 1 aromatic heterocycles. The minimum atomic E-state index is -0.882. The van der Waals surface area contributed by atoms with Crippen LogP contribution in [0.25, 0.3) is 0 Å². The third-order valence-electron chi connectivity index (χ3n) is 6.05. The quantitative estimate of drug-likeness (QED) is 0.212. The Morgan fingerprint density at radius 1 is 1.03 bits per heavy atom. The lowest BCUT2D eigenvalue weighted by Crippen LogP contribution is -2.40. The van der Waals surface area contributed by atoms with Crippen molar-refractivity contribution >= 4 is 17.7 Å². The Morgan fingerprint density at radius 2 is 1.73 bits per heavy atom. The fourth-order valence-corrected chi connectivity index (χ4v) is 5.06. The van der Waals surface area contributed by atoms with Gasteiger partial charge in [0.25, 0.3) is 5.88 Å². The van der Waals surface area contributed by atoms with Gasteiger partial charge in [0.05, 0.1) is 13.2 Å². The summed E-state index contributed by atoms with van der Waals surface area (Å²) in [6.45, 7) is 7.07. The van der Waals surface area contributed by atoms with Crippen molar-refractivity contribution in [2.45, 2.75) is 94.7 Å². The predicted octanol–water partition coefficient (Wildman–Crippen LogP) is 4.89. The molecule has 9 nitrogen and oxygen atoms in total. The van der Waals surface area contributed by atoms with Crippen molar-refractivity contribution in [3.63, 3.8) is 0 Å². The smallest absolute Gasteiger partial charge is 0.347 e. The molecule has 2 rings (SSSR count). The standard InChI is InChI=1S/C27H41N3O6S/c1-5-7-8-9-10-17-30-26(34)29(4)24(31)23(28-30)36-19-12-11-18-35-21-14-13-15-22(20-21)37-27(3,16-6-2)25(32)33/h13-15,20H,5-12,16-19H2,1-4H3,(H,32,33). The minimum absolute atomic E-state index is 0.0603. The van der Waals surface area contributed by atoms with Crippen molar-refractivity contribution in [2.75, 3.05) is 13.2 Å². The Balaban J connectivity index is 1.82. The van der Waals surface area contributed by atoms with E-state index in [0.29, 0.717) is 38.2 Å². The fraction of sp³-hybridized carbons (Fsp3) is 0.630. The molecule has 1 unspecified atom stereocenters. The first-order chi connectivity index (χ1) is 17.7. The van der Waals surface area contributed by atoms with E-state index in [1.165, 1.54) is 29.9 Å². The van der Waals surface area contributed by atoms with Crippen LogP contribution in [-0.4, -0.2) is 43.4 Å². The first-order valence-corrected chi connectivity index (χ1v) is 14.0. The van der Waals surface area contributed by atoms with Crippen LogP contribution >= 0.6 is 11.8 Å². The molecule has 2 aromatic rings. The predicted molar refractivity (Wildman–Crippen MR) is 146 cm³/mol. The van der Waals surface area contributed by atoms with Gasteiger partial charge in [-0.15, -0.1) is 16.9 Å². The summed E-state index contributed by atoms with van der Waals surface area (Å²) in [6, 6.07) is 7.45. The van der Waals surface area contributed by atoms with Gasteiger partial charge < -0.3 is 14.6 Å². The summed E-state index contributed by atoms with van der Waals surface area (Å²) in [5.41, 5.74) is -0.964. The molecule has 0 spiro atoms. The molecule has 0 saturated heterocycles. The van der Waals surface area contributed by atoms with E-state index < -0.39 is 22.0 Å². The van der Waals surface area contributed by atoms with Crippen LogP contribution < -0.4 is 20.7 Å². The Kier molecular flexibility index (Phi) is 12.8. The van der Waals surface area contributed by atoms with Crippen LogP contribution in [0.1, 0.15) is 78.6 Å². The minimum Gasteiger partial charge on any atom is -0.494 e. The summed E-state index contributed by atoms with van der Waals surface area (Å²) in [6.07, 6.45) is 7.98. The van der Waals surface area contributed by atoms with Crippen LogP contribution in [0.5, 0.6) is 11.6 Å². The van der Waals surface area contributed by atoms with E-state index in [1.54, 1.807) is 6.92 Å². The SMILES string of the molecule is CCCCCCCn1nc(OCCCCOc2cccc(SC(C)(CCC)C(=O)O)c2)c(=O)n(C)c1=O. The van der Waals surface area contributed by atoms with Gasteiger partial charge in [0.1, 0.15) is 10.5 Å². The number of aromatic nitrogens is 3. The third-order valence-corrected chi connectivity index (χ3v) is 7.37. The number of hydrogen-bond acceptors (Lipinski definition) is 7. The topological polar surface area (TPSA) is 113 Å². The zero-order valence-electron chi connectivity index (χ0n) is 22.5. The number of unbranched alkanes of at least 4 members (excludes halogenated alkanes) is 5. The zero-order valence-corrected chi connectivity index (χ0v) is 23.3. The van der Waals surface area contributed by atoms with Crippen molar-refractivity contribution in [3.05, 3.63) is 45.1 Å². The van der Waals surface area contributed by atoms with Gasteiger partial charge in [-0.2, -0.15) is 0 Å². The number of hydrogen-bond donors (Lipinski definition) is 1. The summed E-state index contributed by atoms with van der Waals surface area (Å²) in [4.78, 5) is 37.3. The summed E-state index contributed by atoms with van der Waals surface area (Å²) in [7, 11) is 1.44. The van der Waals surface area contributed by atoms with Crippen molar-refractivity contribution in [2.24, 2.45) is 7.05 Å². The van der Waals surface area contributed by atoms with Gasteiger partial charge in [-0.1, -0.05) is 52.0 Å². The van der Waals surface area contributed by atoms with Gasteiger partial charge in [0, 0.05) is 18.5 Å². The maximum atomic E-state index is 12.4. The maximum Gasteiger partial charge on any atom is 0.347 e. The molecule has 0 radical (unpaired) electrons. The third kappa shape index (κ3) is 9.57. The van der Waals surface area contributed by atoms with Gasteiger partial charge in [-0.3, -0.25) is 14.2 Å². The van der Waals surface area contributed by atoms with Gasteiger partial charge in [-0.25, -0.2) is 9.48 Å². The van der Waals surface area contributed by atoms with Crippen molar-refractivity contribution < 1.29 is 19.4 Å². The molecule has 1 N–H and O–H groups in total. The Bertz CT molecular complexity index is 1120. The number of ether oxygens (including phenoxy) is 2. The lowest BCUT2D eigenvalue weighted by molar-refractivity contribution is -0.139. The average molecular weight is 536 g/mol. The number of carboxylic acid groups (broad SMARTS) is 1. The summed E-state index contributed by atoms with van der Waals surface area (Å²) >= 11 is 1.33. The van der Waals surface area contributed by atoms with Gasteiger partial charge in [0.2, 0.25) is 0 Å². The Hall–Kier alpha value is -2.75. The molecule has 0 aliphatic rings. The molecule has 37 heavy (non-hydrogen) atoms. The number of rotatable bonds is 18. The molecule has 206 valence electrons. The number of nitrogens with zero attached hydrogens (tertiary/aromatic N) is 3. The van der Waals surface area contributed by atoms with Gasteiger partial charge in [0.15, 0.2) is 0 Å². The first-order valence-electron chi connectivity index (χ1n) is 13.2. The molecule has 1 heterocycles. The molecule has 0 fully saturated rings. The van der Waals surface area contributed by atoms with E-state index in [1.807, 2.05) is 31.2 Å². The lowest BCUT2D eigenvalue weighted by Gasteiger charge is -2.23. The van der Waals surface area contributed by atoms with Crippen LogP contribution in [0.4, 0.5) is 0 Å². The second kappa shape index (κ2) is 15.5. The van der Waals surface area contributed by atoms with Crippen LogP contribution in [0.2, 0.25) is 0 Å². The molecule has 10 heteroatoms. The highest BCUT2D eigenvalue weighted by molar-refractivity contribution is 8.01. The number of aliphatic carboxylic acids is 1. The molecular formula is C27H41N3O6S. The second-order valence-electron chi connectivity index (χ2n) is 9.36. The molecule has 1 atom stereocenters. The maximum absolute atomic E-state index is 12.4. The number of benzene rings is 1. The molecule has 0 amide bonds. The summed E-state index contributed by atoms with van der Waals surface area (Å²) in [5, 5.41) is 13.8. The van der Waals surface area contributed by atoms with Crippen molar-refractivity contribution in [3.8, 4) is 11.6 Å². The van der Waals surface area contributed by atoms with Gasteiger partial charge >= 0.3 is 17.2 Å². The van der Waals surface area contributed by atoms with Crippen LogP contribution in [0, 0.1) is 0 Å². The van der Waals surface area contributed by atoms with Crippen LogP contribution in [-0.2, 0) is 18.4 Å². The normalized spacial score (nSPS) is 12.8. The monoisotopic (exact) mass is 535 g/mol. The highest BCUT2D eigenvalue weighted by atomic mass is 32.2. The molecular weight excluding hydrogens is 494 g/mol. The fourth-order valence-electron chi connectivity index (χ4n) is 3.83. The average Bonchev–Trinajstić information content (AvgIpc) is 2.87. The summed E-state index contributed by atoms with van der Waals surface area (Å²) < 4.78 is 12.9. The van der Waals surface area contributed by atoms with Crippen molar-refractivity contribution in [1.29, 1.82) is 0 Å². The Morgan fingerprint density at radius 3 is 2.41 bits per heavy atom. The molecule has 0 aliphatic carbocycles. The number of aryl methyl sites for hydroxylation is 1. The van der Waals surface area contributed by atoms with Crippen molar-refractivity contribution in [1.82, 2.24) is 14.3 Å². The first kappa shape index (κ1) is 30.5. The molecule has 0 bridgehead atoms. The lowest BCUT2D eigenvalue weighted by atomic mass is 10.1. The van der Waals surface area contributed by atoms with Crippen LogP contribution in [0.3, 0.4) is 0 Å². The Labute approximate surface area is 223 Å². The summed E-state index contributed by atoms with van der Waals surface area (Å²) in [5.74, 6) is -0.205. The molecule has 0 saturated carbocycles. The second-order valence-corrected chi connectivity index (χ2v) is 10.9. The zero-order chi connectivity index (χ0) is 27.3. The number of thioether (sulfide) groups is 1. The van der Waals surface area contributed by atoms with E-state index in [9.17, 15) is 19.5 Å². The van der Waals surface area contributed by atoms with E-state index in [0.717, 1.165) is 41.6 Å². The van der Waals surface area contributed by atoms with E-state index in [2.05, 4.69) is 12.0 Å². The highest BCUT2D eigenvalue weighted by Gasteiger charge is 2.33.